The number of ether oxygens (including phenoxy) is 2. The molecule has 5 heteroatoms. The molecule has 1 atom stereocenters. The molecule has 0 saturated carbocycles. The third kappa shape index (κ3) is 3.92. The van der Waals surface area contributed by atoms with Crippen LogP contribution in [0.5, 0.6) is 0 Å². The zero-order chi connectivity index (χ0) is 12.0. The van der Waals surface area contributed by atoms with E-state index in [0.29, 0.717) is 19.7 Å². The Hall–Kier alpha value is -0.910. The van der Waals surface area contributed by atoms with Crippen LogP contribution in [-0.4, -0.2) is 50.1 Å². The predicted molar refractivity (Wildman–Crippen MR) is 59.4 cm³/mol. The van der Waals surface area contributed by atoms with Gasteiger partial charge in [-0.1, -0.05) is 5.57 Å². The first-order valence-electron chi connectivity index (χ1n) is 5.32. The fourth-order valence-electron chi connectivity index (χ4n) is 1.71. The summed E-state index contributed by atoms with van der Waals surface area (Å²) in [5.41, 5.74) is 0.543. The Balaban J connectivity index is 2.31. The summed E-state index contributed by atoms with van der Waals surface area (Å²) in [7, 11) is 1.68. The fourth-order valence-corrected chi connectivity index (χ4v) is 1.71. The van der Waals surface area contributed by atoms with Crippen molar-refractivity contribution in [2.45, 2.75) is 18.9 Å². The summed E-state index contributed by atoms with van der Waals surface area (Å²) in [6, 6.07) is 0. The summed E-state index contributed by atoms with van der Waals surface area (Å²) in [6.07, 6.45) is 2.08. The summed E-state index contributed by atoms with van der Waals surface area (Å²) < 4.78 is 10.7. The van der Waals surface area contributed by atoms with Crippen LogP contribution in [0.25, 0.3) is 0 Å². The van der Waals surface area contributed by atoms with Crippen LogP contribution in [0.3, 0.4) is 0 Å². The Bertz CT molecular complexity index is 269. The number of hydrogen-bond acceptors (Lipinski definition) is 4. The van der Waals surface area contributed by atoms with Gasteiger partial charge in [0.05, 0.1) is 6.61 Å². The standard InChI is InChI=1S/C11H19NO4/c1-9(5-10(13)14)6-12-7-11(15-2)3-4-16-8-11/h5,12H,3-4,6-8H2,1-2H3,(H,13,14). The monoisotopic (exact) mass is 229 g/mol. The van der Waals surface area contributed by atoms with Gasteiger partial charge in [-0.25, -0.2) is 4.79 Å². The summed E-state index contributed by atoms with van der Waals surface area (Å²) in [5.74, 6) is -0.912. The molecule has 16 heavy (non-hydrogen) atoms. The molecular formula is C11H19NO4. The minimum atomic E-state index is -0.912. The quantitative estimate of drug-likeness (QED) is 0.646. The van der Waals surface area contributed by atoms with Crippen molar-refractivity contribution in [1.82, 2.24) is 5.32 Å². The number of carboxylic acids is 1. The van der Waals surface area contributed by atoms with Crippen molar-refractivity contribution in [3.63, 3.8) is 0 Å². The van der Waals surface area contributed by atoms with E-state index in [0.717, 1.165) is 18.6 Å². The van der Waals surface area contributed by atoms with Crippen LogP contribution in [0, 0.1) is 0 Å². The first-order valence-corrected chi connectivity index (χ1v) is 5.32. The van der Waals surface area contributed by atoms with Gasteiger partial charge < -0.3 is 19.9 Å². The first kappa shape index (κ1) is 13.2. The second-order valence-electron chi connectivity index (χ2n) is 4.12. The van der Waals surface area contributed by atoms with Crippen molar-refractivity contribution < 1.29 is 19.4 Å². The number of carbonyl (C=O) groups is 1. The van der Waals surface area contributed by atoms with Gasteiger partial charge in [-0.15, -0.1) is 0 Å². The van der Waals surface area contributed by atoms with Crippen molar-refractivity contribution >= 4 is 5.97 Å². The zero-order valence-electron chi connectivity index (χ0n) is 9.78. The molecule has 92 valence electrons. The van der Waals surface area contributed by atoms with Gasteiger partial charge in [0, 0.05) is 39.3 Å². The molecule has 1 heterocycles. The fraction of sp³-hybridized carbons (Fsp3) is 0.727. The molecular weight excluding hydrogens is 210 g/mol. The van der Waals surface area contributed by atoms with E-state index in [1.54, 1.807) is 14.0 Å². The summed E-state index contributed by atoms with van der Waals surface area (Å²) >= 11 is 0. The molecule has 1 unspecified atom stereocenters. The van der Waals surface area contributed by atoms with Gasteiger partial charge in [-0.05, 0) is 6.92 Å². The van der Waals surface area contributed by atoms with Crippen molar-refractivity contribution in [3.05, 3.63) is 11.6 Å². The van der Waals surface area contributed by atoms with Crippen LogP contribution >= 0.6 is 0 Å². The third-order valence-corrected chi connectivity index (χ3v) is 2.72. The zero-order valence-corrected chi connectivity index (χ0v) is 9.78. The van der Waals surface area contributed by atoms with Crippen LogP contribution in [-0.2, 0) is 14.3 Å². The Morgan fingerprint density at radius 3 is 2.94 bits per heavy atom. The molecule has 0 amide bonds. The maximum absolute atomic E-state index is 10.4. The van der Waals surface area contributed by atoms with Gasteiger partial charge in [-0.3, -0.25) is 0 Å². The van der Waals surface area contributed by atoms with Crippen molar-refractivity contribution in [1.29, 1.82) is 0 Å². The van der Waals surface area contributed by atoms with Gasteiger partial charge in [0.15, 0.2) is 0 Å². The number of aliphatic carboxylic acids is 1. The van der Waals surface area contributed by atoms with Crippen molar-refractivity contribution in [2.75, 3.05) is 33.4 Å². The number of methoxy groups -OCH3 is 1. The molecule has 0 aromatic carbocycles. The lowest BCUT2D eigenvalue weighted by molar-refractivity contribution is -0.131. The molecule has 2 N–H and O–H groups in total. The molecule has 1 rings (SSSR count). The van der Waals surface area contributed by atoms with E-state index in [9.17, 15) is 4.79 Å². The number of rotatable bonds is 6. The molecule has 5 nitrogen and oxygen atoms in total. The van der Waals surface area contributed by atoms with Crippen LogP contribution in [0.1, 0.15) is 13.3 Å². The first-order chi connectivity index (χ1) is 7.58. The van der Waals surface area contributed by atoms with Gasteiger partial charge in [-0.2, -0.15) is 0 Å². The van der Waals surface area contributed by atoms with Gasteiger partial charge in [0.25, 0.3) is 0 Å². The third-order valence-electron chi connectivity index (χ3n) is 2.72. The van der Waals surface area contributed by atoms with E-state index < -0.39 is 5.97 Å². The lowest BCUT2D eigenvalue weighted by Gasteiger charge is -2.26. The molecule has 1 saturated heterocycles. The van der Waals surface area contributed by atoms with E-state index in [-0.39, 0.29) is 5.60 Å². The Kier molecular flexibility index (Phi) is 4.92. The SMILES string of the molecule is COC1(CNCC(C)=CC(=O)O)CCOC1. The topological polar surface area (TPSA) is 67.8 Å². The molecule has 0 radical (unpaired) electrons. The molecule has 1 aliphatic heterocycles. The van der Waals surface area contributed by atoms with Gasteiger partial charge in [0.1, 0.15) is 5.60 Å². The molecule has 1 fully saturated rings. The second-order valence-corrected chi connectivity index (χ2v) is 4.12. The minimum absolute atomic E-state index is 0.247. The van der Waals surface area contributed by atoms with Crippen LogP contribution in [0.15, 0.2) is 11.6 Å². The molecule has 0 spiro atoms. The highest BCUT2D eigenvalue weighted by atomic mass is 16.5. The van der Waals surface area contributed by atoms with E-state index in [4.69, 9.17) is 14.6 Å². The second kappa shape index (κ2) is 5.98. The van der Waals surface area contributed by atoms with Crippen molar-refractivity contribution in [3.8, 4) is 0 Å². The van der Waals surface area contributed by atoms with Crippen molar-refractivity contribution in [2.24, 2.45) is 0 Å². The van der Waals surface area contributed by atoms with Gasteiger partial charge in [0.2, 0.25) is 0 Å². The summed E-state index contributed by atoms with van der Waals surface area (Å²) in [5, 5.41) is 11.7. The molecule has 0 bridgehead atoms. The Morgan fingerprint density at radius 2 is 2.44 bits per heavy atom. The maximum Gasteiger partial charge on any atom is 0.328 e. The molecule has 1 aliphatic rings. The average Bonchev–Trinajstić information content (AvgIpc) is 2.66. The van der Waals surface area contributed by atoms with Crippen LogP contribution in [0.2, 0.25) is 0 Å². The predicted octanol–water partition coefficient (Wildman–Crippen LogP) is 0.412. The van der Waals surface area contributed by atoms with E-state index in [2.05, 4.69) is 5.32 Å². The lowest BCUT2D eigenvalue weighted by atomic mass is 10.0. The van der Waals surface area contributed by atoms with Crippen LogP contribution in [0.4, 0.5) is 0 Å². The van der Waals surface area contributed by atoms with E-state index in [1.165, 1.54) is 6.08 Å². The molecule has 0 aliphatic carbocycles. The summed E-state index contributed by atoms with van der Waals surface area (Å²) in [6.45, 7) is 4.33. The highest BCUT2D eigenvalue weighted by Crippen LogP contribution is 2.21. The number of hydrogen-bond donors (Lipinski definition) is 2. The van der Waals surface area contributed by atoms with Crippen LogP contribution < -0.4 is 5.32 Å². The smallest absolute Gasteiger partial charge is 0.328 e. The molecule has 0 aromatic rings. The average molecular weight is 229 g/mol. The summed E-state index contributed by atoms with van der Waals surface area (Å²) in [4.78, 5) is 10.4. The van der Waals surface area contributed by atoms with E-state index in [1.807, 2.05) is 0 Å². The van der Waals surface area contributed by atoms with Gasteiger partial charge >= 0.3 is 5.97 Å². The number of nitrogens with one attached hydrogen (secondary N) is 1. The largest absolute Gasteiger partial charge is 0.478 e. The normalized spacial score (nSPS) is 26.0. The van der Waals surface area contributed by atoms with E-state index >= 15 is 0 Å². The minimum Gasteiger partial charge on any atom is -0.478 e. The Morgan fingerprint density at radius 1 is 1.69 bits per heavy atom. The molecule has 0 aromatic heterocycles. The maximum atomic E-state index is 10.4. The lowest BCUT2D eigenvalue weighted by Crippen LogP contribution is -2.43. The highest BCUT2D eigenvalue weighted by Gasteiger charge is 2.34. The highest BCUT2D eigenvalue weighted by molar-refractivity contribution is 5.80. The Labute approximate surface area is 95.4 Å². The number of carboxylic acid groups (broad SMARTS) is 1.